The molecule has 2 aliphatic rings. The van der Waals surface area contributed by atoms with Crippen LogP contribution in [0.4, 0.5) is 5.69 Å². The molecule has 0 radical (unpaired) electrons. The van der Waals surface area contributed by atoms with Crippen molar-refractivity contribution in [1.29, 1.82) is 10.5 Å². The van der Waals surface area contributed by atoms with Gasteiger partial charge in [-0.3, -0.25) is 4.99 Å². The molecule has 4 nitrogen and oxygen atoms in total. The van der Waals surface area contributed by atoms with Gasteiger partial charge in [0.15, 0.2) is 5.41 Å². The summed E-state index contributed by atoms with van der Waals surface area (Å²) in [6, 6.07) is 30.7. The van der Waals surface area contributed by atoms with Crippen molar-refractivity contribution in [2.45, 2.75) is 38.3 Å². The molecule has 2 aliphatic heterocycles. The Morgan fingerprint density at radius 1 is 0.812 bits per heavy atom. The normalized spacial score (nSPS) is 21.8. The summed E-state index contributed by atoms with van der Waals surface area (Å²) >= 11 is 0. The van der Waals surface area contributed by atoms with Crippen molar-refractivity contribution in [1.82, 2.24) is 0 Å². The van der Waals surface area contributed by atoms with E-state index in [-0.39, 0.29) is 5.54 Å². The molecule has 4 heteroatoms. The van der Waals surface area contributed by atoms with Gasteiger partial charge in [0.2, 0.25) is 0 Å². The van der Waals surface area contributed by atoms with Gasteiger partial charge < -0.3 is 4.90 Å². The monoisotopic (exact) mass is 416 g/mol. The molecule has 0 saturated carbocycles. The lowest BCUT2D eigenvalue weighted by Gasteiger charge is -2.38. The molecule has 3 aromatic carbocycles. The maximum Gasteiger partial charge on any atom is 0.182 e. The van der Waals surface area contributed by atoms with Crippen molar-refractivity contribution < 1.29 is 0 Å². The summed E-state index contributed by atoms with van der Waals surface area (Å²) in [7, 11) is 0. The molecule has 2 heterocycles. The zero-order chi connectivity index (χ0) is 22.5. The first-order valence-electron chi connectivity index (χ1n) is 10.9. The summed E-state index contributed by atoms with van der Waals surface area (Å²) < 4.78 is 0. The summed E-state index contributed by atoms with van der Waals surface area (Å²) in [5.41, 5.74) is 3.39. The maximum absolute atomic E-state index is 10.6. The Morgan fingerprint density at radius 3 is 2.06 bits per heavy atom. The molecule has 0 amide bonds. The van der Waals surface area contributed by atoms with E-state index < -0.39 is 17.4 Å². The molecule has 5 rings (SSSR count). The van der Waals surface area contributed by atoms with Crippen LogP contribution in [0.15, 0.2) is 83.9 Å². The predicted molar refractivity (Wildman–Crippen MR) is 127 cm³/mol. The topological polar surface area (TPSA) is 63.2 Å². The third kappa shape index (κ3) is 2.77. The molecule has 3 aromatic rings. The minimum absolute atomic E-state index is 0.375. The van der Waals surface area contributed by atoms with E-state index in [0.29, 0.717) is 0 Å². The van der Waals surface area contributed by atoms with Gasteiger partial charge in [0, 0.05) is 5.56 Å². The van der Waals surface area contributed by atoms with E-state index in [1.54, 1.807) is 0 Å². The van der Waals surface area contributed by atoms with Crippen LogP contribution in [0.3, 0.4) is 0 Å². The molecular formula is C28H24N4. The SMILES string of the molecule is CC(C)(C)N=C1[C@@H](c2ccccc2)C(C#N)(C#N)[C@@H]2c3ccccc3-c3ccccc3N12. The van der Waals surface area contributed by atoms with Crippen LogP contribution in [0.2, 0.25) is 0 Å². The van der Waals surface area contributed by atoms with Crippen LogP contribution in [0.1, 0.15) is 43.9 Å². The van der Waals surface area contributed by atoms with Crippen LogP contribution in [-0.4, -0.2) is 11.4 Å². The summed E-state index contributed by atoms with van der Waals surface area (Å²) in [5.74, 6) is 0.306. The fourth-order valence-corrected chi connectivity index (χ4v) is 5.17. The number of hydrogen-bond donors (Lipinski definition) is 0. The van der Waals surface area contributed by atoms with Gasteiger partial charge in [-0.1, -0.05) is 72.8 Å². The number of anilines is 1. The van der Waals surface area contributed by atoms with E-state index in [1.165, 1.54) is 0 Å². The fraction of sp³-hybridized carbons (Fsp3) is 0.250. The number of nitrogens with zero attached hydrogens (tertiary/aromatic N) is 4. The first kappa shape index (κ1) is 20.0. The van der Waals surface area contributed by atoms with Gasteiger partial charge in [0.1, 0.15) is 5.84 Å². The first-order chi connectivity index (χ1) is 15.4. The van der Waals surface area contributed by atoms with Gasteiger partial charge in [0.25, 0.3) is 0 Å². The molecule has 0 N–H and O–H groups in total. The molecule has 32 heavy (non-hydrogen) atoms. The molecule has 2 atom stereocenters. The van der Waals surface area contributed by atoms with Crippen LogP contribution in [0.25, 0.3) is 11.1 Å². The molecule has 0 aliphatic carbocycles. The smallest absolute Gasteiger partial charge is 0.182 e. The summed E-state index contributed by atoms with van der Waals surface area (Å²) in [6.45, 7) is 6.17. The number of fused-ring (bicyclic) bond motifs is 6. The van der Waals surface area contributed by atoms with E-state index >= 15 is 0 Å². The third-order valence-corrected chi connectivity index (χ3v) is 6.31. The Balaban J connectivity index is 1.92. The summed E-state index contributed by atoms with van der Waals surface area (Å²) in [6.07, 6.45) is 0. The number of nitriles is 2. The highest BCUT2D eigenvalue weighted by Crippen LogP contribution is 2.61. The Morgan fingerprint density at radius 2 is 1.41 bits per heavy atom. The third-order valence-electron chi connectivity index (χ3n) is 6.31. The molecular weight excluding hydrogens is 392 g/mol. The van der Waals surface area contributed by atoms with Crippen molar-refractivity contribution in [3.63, 3.8) is 0 Å². The fourth-order valence-electron chi connectivity index (χ4n) is 5.17. The first-order valence-corrected chi connectivity index (χ1v) is 10.9. The van der Waals surface area contributed by atoms with Gasteiger partial charge in [0.05, 0.1) is 35.3 Å². The van der Waals surface area contributed by atoms with Crippen molar-refractivity contribution in [3.05, 3.63) is 90.0 Å². The van der Waals surface area contributed by atoms with E-state index in [2.05, 4.69) is 62.1 Å². The van der Waals surface area contributed by atoms with Gasteiger partial charge in [-0.15, -0.1) is 0 Å². The second-order valence-electron chi connectivity index (χ2n) is 9.45. The lowest BCUT2D eigenvalue weighted by molar-refractivity contribution is 0.437. The average molecular weight is 417 g/mol. The highest BCUT2D eigenvalue weighted by Gasteiger charge is 2.62. The second-order valence-corrected chi connectivity index (χ2v) is 9.45. The van der Waals surface area contributed by atoms with Crippen molar-refractivity contribution in [2.24, 2.45) is 10.4 Å². The minimum atomic E-state index is -1.32. The second kappa shape index (κ2) is 7.08. The van der Waals surface area contributed by atoms with Gasteiger partial charge in [-0.2, -0.15) is 10.5 Å². The zero-order valence-electron chi connectivity index (χ0n) is 18.4. The standard InChI is InChI=1S/C28H24N4/c1-27(2,3)31-26-24(19-11-5-4-6-12-19)28(17-29,18-30)25-22-15-8-7-13-20(22)21-14-9-10-16-23(21)32(25)26/h4-16,24-25H,1-3H3/t24-,25+/m1/s1. The van der Waals surface area contributed by atoms with Crippen LogP contribution < -0.4 is 4.90 Å². The van der Waals surface area contributed by atoms with Gasteiger partial charge in [-0.05, 0) is 43.5 Å². The number of benzene rings is 3. The van der Waals surface area contributed by atoms with E-state index in [0.717, 1.165) is 33.8 Å². The highest BCUT2D eigenvalue weighted by molar-refractivity contribution is 6.11. The molecule has 0 unspecified atom stereocenters. The van der Waals surface area contributed by atoms with E-state index in [1.807, 2.05) is 54.6 Å². The molecule has 156 valence electrons. The highest BCUT2D eigenvalue weighted by atomic mass is 15.3. The quantitative estimate of drug-likeness (QED) is 0.471. The molecule has 0 aromatic heterocycles. The molecule has 1 fully saturated rings. The Kier molecular flexibility index (Phi) is 4.43. The number of para-hydroxylation sites is 1. The molecule has 0 spiro atoms. The van der Waals surface area contributed by atoms with Crippen molar-refractivity contribution in [3.8, 4) is 23.3 Å². The Hall–Kier alpha value is -3.89. The summed E-state index contributed by atoms with van der Waals surface area (Å²) in [4.78, 5) is 7.31. The van der Waals surface area contributed by atoms with Gasteiger partial charge >= 0.3 is 0 Å². The average Bonchev–Trinajstić information content (AvgIpc) is 3.09. The lowest BCUT2D eigenvalue weighted by atomic mass is 9.69. The number of aliphatic imine (C=N–C) groups is 1. The van der Waals surface area contributed by atoms with Crippen LogP contribution in [0, 0.1) is 28.1 Å². The number of rotatable bonds is 1. The van der Waals surface area contributed by atoms with Crippen molar-refractivity contribution >= 4 is 11.5 Å². The molecule has 0 bridgehead atoms. The van der Waals surface area contributed by atoms with E-state index in [9.17, 15) is 10.5 Å². The lowest BCUT2D eigenvalue weighted by Crippen LogP contribution is -2.36. The Labute approximate surface area is 189 Å². The maximum atomic E-state index is 10.6. The molecule has 1 saturated heterocycles. The number of hydrogen-bond acceptors (Lipinski definition) is 3. The zero-order valence-corrected chi connectivity index (χ0v) is 18.4. The van der Waals surface area contributed by atoms with Gasteiger partial charge in [-0.25, -0.2) is 0 Å². The largest absolute Gasteiger partial charge is 0.319 e. The Bertz CT molecular complexity index is 1290. The van der Waals surface area contributed by atoms with Crippen LogP contribution in [0.5, 0.6) is 0 Å². The number of amidine groups is 1. The van der Waals surface area contributed by atoms with Crippen molar-refractivity contribution in [2.75, 3.05) is 4.90 Å². The van der Waals surface area contributed by atoms with Crippen LogP contribution in [-0.2, 0) is 0 Å². The summed E-state index contributed by atoms with van der Waals surface area (Å²) in [5, 5.41) is 21.2. The minimum Gasteiger partial charge on any atom is -0.319 e. The predicted octanol–water partition coefficient (Wildman–Crippen LogP) is 6.24. The van der Waals surface area contributed by atoms with E-state index in [4.69, 9.17) is 4.99 Å². The van der Waals surface area contributed by atoms with Crippen LogP contribution >= 0.6 is 0 Å².